The summed E-state index contributed by atoms with van der Waals surface area (Å²) < 4.78 is 5.14. The molecule has 1 aromatic heterocycles. The van der Waals surface area contributed by atoms with Crippen molar-refractivity contribution in [2.24, 2.45) is 0 Å². The summed E-state index contributed by atoms with van der Waals surface area (Å²) in [6, 6.07) is 4.94. The van der Waals surface area contributed by atoms with Gasteiger partial charge in [-0.1, -0.05) is 20.8 Å². The molecule has 1 aromatic carbocycles. The maximum Gasteiger partial charge on any atom is 0.336 e. The Kier molecular flexibility index (Phi) is 2.49. The molecule has 90 valence electrons. The number of aryl methyl sites for hydroxylation is 1. The van der Waals surface area contributed by atoms with Crippen molar-refractivity contribution < 1.29 is 9.52 Å². The fraction of sp³-hybridized carbons (Fsp3) is 0.357. The van der Waals surface area contributed by atoms with Gasteiger partial charge in [0, 0.05) is 6.07 Å². The molecule has 0 spiro atoms. The smallest absolute Gasteiger partial charge is 0.336 e. The largest absolute Gasteiger partial charge is 0.507 e. The van der Waals surface area contributed by atoms with Crippen LogP contribution in [0.15, 0.2) is 27.4 Å². The summed E-state index contributed by atoms with van der Waals surface area (Å²) in [6.45, 7) is 7.92. The van der Waals surface area contributed by atoms with E-state index in [1.54, 1.807) is 13.0 Å². The molecule has 1 heterocycles. The molecule has 3 heteroatoms. The molecular formula is C14H16O3. The van der Waals surface area contributed by atoms with E-state index in [4.69, 9.17) is 4.42 Å². The summed E-state index contributed by atoms with van der Waals surface area (Å²) in [5, 5.41) is 10.6. The van der Waals surface area contributed by atoms with E-state index in [1.165, 1.54) is 6.07 Å². The van der Waals surface area contributed by atoms with Crippen LogP contribution < -0.4 is 5.63 Å². The third-order valence-corrected chi connectivity index (χ3v) is 2.89. The first-order chi connectivity index (χ1) is 7.79. The van der Waals surface area contributed by atoms with Gasteiger partial charge in [-0.3, -0.25) is 0 Å². The molecule has 2 aromatic rings. The van der Waals surface area contributed by atoms with Crippen molar-refractivity contribution in [1.29, 1.82) is 0 Å². The lowest BCUT2D eigenvalue weighted by Gasteiger charge is -2.19. The van der Waals surface area contributed by atoms with E-state index in [0.29, 0.717) is 11.0 Å². The van der Waals surface area contributed by atoms with Crippen molar-refractivity contribution in [3.05, 3.63) is 39.7 Å². The van der Waals surface area contributed by atoms with Gasteiger partial charge in [-0.05, 0) is 35.6 Å². The Hall–Kier alpha value is -1.77. The van der Waals surface area contributed by atoms with E-state index < -0.39 is 0 Å². The van der Waals surface area contributed by atoms with Crippen molar-refractivity contribution in [2.45, 2.75) is 33.1 Å². The quantitative estimate of drug-likeness (QED) is 0.710. The standard InChI is InChI=1S/C14H16O3/c1-8-5-12(16)17-11-7-9(14(2,3)4)6-10(15)13(8)11/h5-7,15H,1-4H3. The number of hydrogen-bond donors (Lipinski definition) is 1. The average molecular weight is 232 g/mol. The Morgan fingerprint density at radius 2 is 1.82 bits per heavy atom. The molecule has 0 aliphatic rings. The molecule has 0 aliphatic heterocycles. The van der Waals surface area contributed by atoms with Crippen LogP contribution in [0.5, 0.6) is 5.75 Å². The average Bonchev–Trinajstić information content (AvgIpc) is 2.13. The molecular weight excluding hydrogens is 216 g/mol. The predicted octanol–water partition coefficient (Wildman–Crippen LogP) is 3.10. The van der Waals surface area contributed by atoms with Crippen LogP contribution in [0.3, 0.4) is 0 Å². The fourth-order valence-corrected chi connectivity index (χ4v) is 1.90. The van der Waals surface area contributed by atoms with Crippen molar-refractivity contribution in [3.8, 4) is 5.75 Å². The first kappa shape index (κ1) is 11.7. The van der Waals surface area contributed by atoms with Gasteiger partial charge in [-0.2, -0.15) is 0 Å². The van der Waals surface area contributed by atoms with E-state index in [0.717, 1.165) is 11.1 Å². The third-order valence-electron chi connectivity index (χ3n) is 2.89. The van der Waals surface area contributed by atoms with Gasteiger partial charge >= 0.3 is 5.63 Å². The lowest BCUT2D eigenvalue weighted by atomic mass is 9.86. The summed E-state index contributed by atoms with van der Waals surface area (Å²) in [5.41, 5.74) is 1.62. The zero-order chi connectivity index (χ0) is 12.8. The molecule has 0 fully saturated rings. The summed E-state index contributed by atoms with van der Waals surface area (Å²) >= 11 is 0. The molecule has 0 bridgehead atoms. The number of rotatable bonds is 0. The maximum absolute atomic E-state index is 11.3. The second-order valence-electron chi connectivity index (χ2n) is 5.37. The van der Waals surface area contributed by atoms with Gasteiger partial charge in [-0.15, -0.1) is 0 Å². The molecule has 0 saturated heterocycles. The zero-order valence-electron chi connectivity index (χ0n) is 10.5. The lowest BCUT2D eigenvalue weighted by molar-refractivity contribution is 0.473. The van der Waals surface area contributed by atoms with E-state index in [9.17, 15) is 9.90 Å². The predicted molar refractivity (Wildman–Crippen MR) is 67.6 cm³/mol. The number of phenolic OH excluding ortho intramolecular Hbond substituents is 1. The van der Waals surface area contributed by atoms with E-state index >= 15 is 0 Å². The normalized spacial score (nSPS) is 12.0. The van der Waals surface area contributed by atoms with Gasteiger partial charge in [0.25, 0.3) is 0 Å². The molecule has 0 saturated carbocycles. The topological polar surface area (TPSA) is 50.4 Å². The Balaban J connectivity index is 2.87. The van der Waals surface area contributed by atoms with Crippen molar-refractivity contribution in [1.82, 2.24) is 0 Å². The summed E-state index contributed by atoms with van der Waals surface area (Å²) in [7, 11) is 0. The van der Waals surface area contributed by atoms with Crippen LogP contribution in [0, 0.1) is 6.92 Å². The van der Waals surface area contributed by atoms with E-state index in [2.05, 4.69) is 0 Å². The van der Waals surface area contributed by atoms with Crippen molar-refractivity contribution >= 4 is 11.0 Å². The highest BCUT2D eigenvalue weighted by Crippen LogP contribution is 2.33. The molecule has 0 unspecified atom stereocenters. The third kappa shape index (κ3) is 2.05. The summed E-state index contributed by atoms with van der Waals surface area (Å²) in [4.78, 5) is 11.3. The van der Waals surface area contributed by atoms with Gasteiger partial charge < -0.3 is 9.52 Å². The van der Waals surface area contributed by atoms with Crippen molar-refractivity contribution in [2.75, 3.05) is 0 Å². The summed E-state index contributed by atoms with van der Waals surface area (Å²) in [5.74, 6) is 0.161. The molecule has 2 rings (SSSR count). The number of fused-ring (bicyclic) bond motifs is 1. The fourth-order valence-electron chi connectivity index (χ4n) is 1.90. The first-order valence-electron chi connectivity index (χ1n) is 5.57. The molecule has 17 heavy (non-hydrogen) atoms. The first-order valence-corrected chi connectivity index (χ1v) is 5.57. The Morgan fingerprint density at radius 1 is 1.18 bits per heavy atom. The number of aromatic hydroxyl groups is 1. The highest BCUT2D eigenvalue weighted by atomic mass is 16.4. The van der Waals surface area contributed by atoms with Crippen LogP contribution in [-0.4, -0.2) is 5.11 Å². The van der Waals surface area contributed by atoms with Gasteiger partial charge in [0.2, 0.25) is 0 Å². The van der Waals surface area contributed by atoms with Crippen LogP contribution >= 0.6 is 0 Å². The minimum Gasteiger partial charge on any atom is -0.507 e. The highest BCUT2D eigenvalue weighted by Gasteiger charge is 2.17. The van der Waals surface area contributed by atoms with Gasteiger partial charge in [0.1, 0.15) is 11.3 Å². The molecule has 0 atom stereocenters. The van der Waals surface area contributed by atoms with E-state index in [-0.39, 0.29) is 16.8 Å². The SMILES string of the molecule is Cc1cc(=O)oc2cc(C(C)(C)C)cc(O)c12. The molecule has 0 aliphatic carbocycles. The van der Waals surface area contributed by atoms with Crippen molar-refractivity contribution in [3.63, 3.8) is 0 Å². The van der Waals surface area contributed by atoms with Crippen LogP contribution in [0.2, 0.25) is 0 Å². The maximum atomic E-state index is 11.3. The van der Waals surface area contributed by atoms with Gasteiger partial charge in [0.15, 0.2) is 0 Å². The molecule has 0 amide bonds. The molecule has 3 nitrogen and oxygen atoms in total. The number of phenols is 1. The van der Waals surface area contributed by atoms with Gasteiger partial charge in [0.05, 0.1) is 5.39 Å². The zero-order valence-corrected chi connectivity index (χ0v) is 10.5. The highest BCUT2D eigenvalue weighted by molar-refractivity contribution is 5.87. The Bertz CT molecular complexity index is 630. The second-order valence-corrected chi connectivity index (χ2v) is 5.37. The number of benzene rings is 1. The van der Waals surface area contributed by atoms with Crippen LogP contribution in [0.1, 0.15) is 31.9 Å². The van der Waals surface area contributed by atoms with Gasteiger partial charge in [-0.25, -0.2) is 4.79 Å². The minimum absolute atomic E-state index is 0.103. The second kappa shape index (κ2) is 3.62. The van der Waals surface area contributed by atoms with Crippen LogP contribution in [-0.2, 0) is 5.41 Å². The monoisotopic (exact) mass is 232 g/mol. The van der Waals surface area contributed by atoms with E-state index in [1.807, 2.05) is 26.8 Å². The lowest BCUT2D eigenvalue weighted by Crippen LogP contribution is -2.11. The van der Waals surface area contributed by atoms with Crippen LogP contribution in [0.4, 0.5) is 0 Å². The Labute approximate surface area is 99.7 Å². The van der Waals surface area contributed by atoms with Crippen LogP contribution in [0.25, 0.3) is 11.0 Å². The number of hydrogen-bond acceptors (Lipinski definition) is 3. The summed E-state index contributed by atoms with van der Waals surface area (Å²) in [6.07, 6.45) is 0. The Morgan fingerprint density at radius 3 is 2.41 bits per heavy atom. The minimum atomic E-state index is -0.388. The molecule has 0 radical (unpaired) electrons. The molecule has 1 N–H and O–H groups in total.